The molecule has 2 aromatic carbocycles. The summed E-state index contributed by atoms with van der Waals surface area (Å²) in [4.78, 5) is 43.1. The number of carbonyl (C=O) groups is 2. The zero-order valence-electron chi connectivity index (χ0n) is 21.4. The second kappa shape index (κ2) is 11.8. The highest BCUT2D eigenvalue weighted by Gasteiger charge is 2.26. The second-order valence-corrected chi connectivity index (χ2v) is 10.5. The van der Waals surface area contributed by atoms with Gasteiger partial charge in [0.05, 0.1) is 16.3 Å². The smallest absolute Gasteiger partial charge is 0.293 e. The number of anilines is 3. The Morgan fingerprint density at radius 1 is 0.946 bits per heavy atom. The van der Waals surface area contributed by atoms with E-state index in [1.807, 2.05) is 29.7 Å². The van der Waals surface area contributed by atoms with Gasteiger partial charge in [0.15, 0.2) is 0 Å². The van der Waals surface area contributed by atoms with E-state index in [4.69, 9.17) is 11.6 Å². The van der Waals surface area contributed by atoms with Gasteiger partial charge >= 0.3 is 0 Å². The molecule has 9 nitrogen and oxygen atoms in total. The summed E-state index contributed by atoms with van der Waals surface area (Å²) in [5.74, 6) is 0.0322. The predicted octanol–water partition coefficient (Wildman–Crippen LogP) is 5.19. The lowest BCUT2D eigenvalue weighted by molar-refractivity contribution is -0.384. The van der Waals surface area contributed by atoms with Gasteiger partial charge < -0.3 is 20.0 Å². The van der Waals surface area contributed by atoms with Crippen LogP contribution in [-0.4, -0.2) is 60.9 Å². The van der Waals surface area contributed by atoms with Gasteiger partial charge in [0.25, 0.3) is 11.6 Å². The van der Waals surface area contributed by atoms with Crippen LogP contribution in [0.1, 0.15) is 49.9 Å². The Labute approximate surface area is 222 Å². The van der Waals surface area contributed by atoms with Crippen LogP contribution >= 0.6 is 11.6 Å². The summed E-state index contributed by atoms with van der Waals surface area (Å²) in [7, 11) is 0. The highest BCUT2D eigenvalue weighted by molar-refractivity contribution is 6.31. The SMILES string of the molecule is CC(C)CC(=O)N1CCN(c2ccc(Cl)cc2NC(=O)c2ccc(N3CCCCC3)c([N+](=O)[O-])c2)CC1. The number of nitro groups is 1. The van der Waals surface area contributed by atoms with Crippen molar-refractivity contribution in [1.29, 1.82) is 0 Å². The molecule has 10 heteroatoms. The fraction of sp³-hybridized carbons (Fsp3) is 0.481. The molecule has 0 bridgehead atoms. The number of nitrogens with one attached hydrogen (secondary N) is 1. The quantitative estimate of drug-likeness (QED) is 0.393. The monoisotopic (exact) mass is 527 g/mol. The molecule has 2 aliphatic heterocycles. The van der Waals surface area contributed by atoms with Gasteiger partial charge in [-0.3, -0.25) is 19.7 Å². The molecule has 4 rings (SSSR count). The van der Waals surface area contributed by atoms with Gasteiger partial charge in [0.2, 0.25) is 5.91 Å². The first kappa shape index (κ1) is 26.7. The average molecular weight is 528 g/mol. The van der Waals surface area contributed by atoms with Crippen LogP contribution in [0, 0.1) is 16.0 Å². The van der Waals surface area contributed by atoms with Crippen LogP contribution in [0.3, 0.4) is 0 Å². The maximum absolute atomic E-state index is 13.2. The van der Waals surface area contributed by atoms with Gasteiger partial charge in [0, 0.05) is 62.3 Å². The molecule has 37 heavy (non-hydrogen) atoms. The van der Waals surface area contributed by atoms with Crippen molar-refractivity contribution in [3.8, 4) is 0 Å². The molecule has 1 N–H and O–H groups in total. The van der Waals surface area contributed by atoms with E-state index >= 15 is 0 Å². The molecule has 2 heterocycles. The Balaban J connectivity index is 1.50. The molecular formula is C27H34ClN5O4. The van der Waals surface area contributed by atoms with Crippen LogP contribution in [0.25, 0.3) is 0 Å². The van der Waals surface area contributed by atoms with Crippen molar-refractivity contribution < 1.29 is 14.5 Å². The van der Waals surface area contributed by atoms with Crippen molar-refractivity contribution in [2.24, 2.45) is 5.92 Å². The Hall–Kier alpha value is -3.33. The summed E-state index contributed by atoms with van der Waals surface area (Å²) in [5, 5.41) is 15.2. The zero-order chi connectivity index (χ0) is 26.5. The standard InChI is InChI=1S/C27H34ClN5O4/c1-19(2)16-26(34)32-14-12-31(13-15-32)23-9-7-21(28)18-22(23)29-27(35)20-6-8-24(25(17-20)33(36)37)30-10-4-3-5-11-30/h6-9,17-19H,3-5,10-16H2,1-2H3,(H,29,35). The van der Waals surface area contributed by atoms with E-state index in [-0.39, 0.29) is 17.2 Å². The number of rotatable bonds is 7. The van der Waals surface area contributed by atoms with Gasteiger partial charge in [-0.05, 0) is 55.5 Å². The number of nitro benzene ring substituents is 1. The molecule has 2 aromatic rings. The van der Waals surface area contributed by atoms with Crippen molar-refractivity contribution in [1.82, 2.24) is 4.90 Å². The minimum atomic E-state index is -0.442. The number of hydrogen-bond donors (Lipinski definition) is 1. The Kier molecular flexibility index (Phi) is 8.53. The summed E-state index contributed by atoms with van der Waals surface area (Å²) in [6, 6.07) is 9.96. The van der Waals surface area contributed by atoms with Crippen molar-refractivity contribution in [2.45, 2.75) is 39.5 Å². The Morgan fingerprint density at radius 3 is 2.24 bits per heavy atom. The number of benzene rings is 2. The molecule has 0 saturated carbocycles. The minimum absolute atomic E-state index is 0.0666. The van der Waals surface area contributed by atoms with Crippen molar-refractivity contribution >= 4 is 46.2 Å². The summed E-state index contributed by atoms with van der Waals surface area (Å²) in [6.45, 7) is 8.08. The van der Waals surface area contributed by atoms with Crippen LogP contribution < -0.4 is 15.1 Å². The molecule has 0 radical (unpaired) electrons. The lowest BCUT2D eigenvalue weighted by Crippen LogP contribution is -2.49. The summed E-state index contributed by atoms with van der Waals surface area (Å²) < 4.78 is 0. The van der Waals surface area contributed by atoms with Gasteiger partial charge in [-0.2, -0.15) is 0 Å². The molecule has 0 spiro atoms. The number of piperidine rings is 1. The topological polar surface area (TPSA) is 99.0 Å². The highest BCUT2D eigenvalue weighted by atomic mass is 35.5. The first-order valence-corrected chi connectivity index (χ1v) is 13.3. The van der Waals surface area contributed by atoms with Crippen LogP contribution in [0.15, 0.2) is 36.4 Å². The first-order chi connectivity index (χ1) is 17.7. The summed E-state index contributed by atoms with van der Waals surface area (Å²) in [6.07, 6.45) is 3.65. The van der Waals surface area contributed by atoms with E-state index in [0.29, 0.717) is 54.9 Å². The molecule has 2 saturated heterocycles. The van der Waals surface area contributed by atoms with Crippen LogP contribution in [-0.2, 0) is 4.79 Å². The van der Waals surface area contributed by atoms with Crippen molar-refractivity contribution in [2.75, 3.05) is 54.4 Å². The molecule has 0 aliphatic carbocycles. The predicted molar refractivity (Wildman–Crippen MR) is 147 cm³/mol. The van der Waals surface area contributed by atoms with E-state index in [0.717, 1.165) is 38.0 Å². The largest absolute Gasteiger partial charge is 0.366 e. The summed E-state index contributed by atoms with van der Waals surface area (Å²) >= 11 is 6.25. The zero-order valence-corrected chi connectivity index (χ0v) is 22.2. The Bertz CT molecular complexity index is 1160. The number of hydrogen-bond acceptors (Lipinski definition) is 6. The average Bonchev–Trinajstić information content (AvgIpc) is 2.88. The molecule has 0 aromatic heterocycles. The van der Waals surface area contributed by atoms with Crippen molar-refractivity contribution in [3.05, 3.63) is 57.1 Å². The maximum Gasteiger partial charge on any atom is 0.293 e. The summed E-state index contributed by atoms with van der Waals surface area (Å²) in [5.41, 5.74) is 2.02. The minimum Gasteiger partial charge on any atom is -0.366 e. The number of halogens is 1. The molecule has 198 valence electrons. The fourth-order valence-corrected chi connectivity index (χ4v) is 5.14. The van der Waals surface area contributed by atoms with Crippen LogP contribution in [0.5, 0.6) is 0 Å². The number of piperazine rings is 1. The first-order valence-electron chi connectivity index (χ1n) is 12.9. The van der Waals surface area contributed by atoms with Gasteiger partial charge in [-0.15, -0.1) is 0 Å². The molecule has 0 unspecified atom stereocenters. The van der Waals surface area contributed by atoms with Gasteiger partial charge in [-0.1, -0.05) is 25.4 Å². The lowest BCUT2D eigenvalue weighted by atomic mass is 10.1. The van der Waals surface area contributed by atoms with Gasteiger partial charge in [0.1, 0.15) is 5.69 Å². The number of amides is 2. The lowest BCUT2D eigenvalue weighted by Gasteiger charge is -2.37. The normalized spacial score (nSPS) is 16.2. The van der Waals surface area contributed by atoms with E-state index in [2.05, 4.69) is 10.2 Å². The molecule has 2 aliphatic rings. The third-order valence-corrected chi connectivity index (χ3v) is 7.13. The molecule has 0 atom stereocenters. The fourth-order valence-electron chi connectivity index (χ4n) is 4.97. The Morgan fingerprint density at radius 2 is 1.59 bits per heavy atom. The molecule has 2 fully saturated rings. The highest BCUT2D eigenvalue weighted by Crippen LogP contribution is 2.33. The van der Waals surface area contributed by atoms with E-state index in [1.54, 1.807) is 24.3 Å². The van der Waals surface area contributed by atoms with E-state index < -0.39 is 10.8 Å². The third-order valence-electron chi connectivity index (χ3n) is 6.89. The van der Waals surface area contributed by atoms with Crippen molar-refractivity contribution in [3.63, 3.8) is 0 Å². The van der Waals surface area contributed by atoms with Gasteiger partial charge in [-0.25, -0.2) is 0 Å². The van der Waals surface area contributed by atoms with Crippen LogP contribution in [0.2, 0.25) is 5.02 Å². The second-order valence-electron chi connectivity index (χ2n) is 10.1. The molecular weight excluding hydrogens is 494 g/mol. The number of nitrogens with zero attached hydrogens (tertiary/aromatic N) is 4. The third kappa shape index (κ3) is 6.52. The van der Waals surface area contributed by atoms with E-state index in [9.17, 15) is 19.7 Å². The van der Waals surface area contributed by atoms with E-state index in [1.165, 1.54) is 6.07 Å². The maximum atomic E-state index is 13.2. The van der Waals surface area contributed by atoms with Crippen LogP contribution in [0.4, 0.5) is 22.7 Å². The molecule has 2 amide bonds. The number of carbonyl (C=O) groups excluding carboxylic acids is 2.